The summed E-state index contributed by atoms with van der Waals surface area (Å²) in [6, 6.07) is 11.9. The average Bonchev–Trinajstić information content (AvgIpc) is 3.64. The van der Waals surface area contributed by atoms with Crippen LogP contribution in [0.15, 0.2) is 75.8 Å². The number of fused-ring (bicyclic) bond motifs is 2. The summed E-state index contributed by atoms with van der Waals surface area (Å²) in [5.74, 6) is -2.27. The van der Waals surface area contributed by atoms with Crippen molar-refractivity contribution in [3.05, 3.63) is 81.9 Å². The Hall–Kier alpha value is -4.90. The molecule has 2 aliphatic rings. The Labute approximate surface area is 250 Å². The van der Waals surface area contributed by atoms with Crippen molar-refractivity contribution in [2.75, 3.05) is 5.75 Å². The number of aromatic amines is 2. The molecule has 15 nitrogen and oxygen atoms in total. The Kier molecular flexibility index (Phi) is 7.49. The molecule has 2 aromatic heterocycles. The number of tetrazole rings is 1. The van der Waals surface area contributed by atoms with E-state index in [1.54, 1.807) is 61.5 Å². The van der Waals surface area contributed by atoms with Crippen LogP contribution in [0.4, 0.5) is 4.79 Å². The number of para-hydroxylation sites is 2. The summed E-state index contributed by atoms with van der Waals surface area (Å²) in [5.41, 5.74) is 0.891. The third kappa shape index (κ3) is 5.16. The van der Waals surface area contributed by atoms with Crippen molar-refractivity contribution < 1.29 is 24.3 Å². The second-order valence-electron chi connectivity index (χ2n) is 9.61. The van der Waals surface area contributed by atoms with Crippen molar-refractivity contribution in [1.29, 1.82) is 0 Å². The van der Waals surface area contributed by atoms with Crippen molar-refractivity contribution in [3.8, 4) is 0 Å². The van der Waals surface area contributed by atoms with E-state index in [2.05, 4.69) is 36.2 Å². The lowest BCUT2D eigenvalue weighted by Crippen LogP contribution is -2.71. The molecule has 6 rings (SSSR count). The molecule has 4 atom stereocenters. The van der Waals surface area contributed by atoms with Crippen molar-refractivity contribution in [3.63, 3.8) is 0 Å². The van der Waals surface area contributed by atoms with Gasteiger partial charge in [-0.3, -0.25) is 14.5 Å². The van der Waals surface area contributed by atoms with Gasteiger partial charge in [-0.15, -0.1) is 22.0 Å². The molecule has 4 heterocycles. The van der Waals surface area contributed by atoms with Crippen molar-refractivity contribution in [2.45, 2.75) is 34.8 Å². The minimum atomic E-state index is -1.27. The topological polar surface area (TPSA) is 208 Å². The standard InChI is InChI=1S/C26H23N9O6S2/c1-12(43-24-30-32-33-31-24)14-11-42-22-18(21(37)35(22)19(14)23(38)39)28-20(36)17(13-7-3-2-4-8-13)29-26(41)34-16-10-6-5-9-15(16)27-25(34)40/h2-10,12,17-18,22H,11H2,1H3,(H,27,40)(H,28,36)(H,29,41)(H,38,39)(H,30,31,32,33)/t12?,17?,18?,22-/m1/s1. The minimum absolute atomic E-state index is 0.144. The smallest absolute Gasteiger partial charge is 0.352 e. The molecule has 2 aliphatic heterocycles. The number of carbonyl (C=O) groups is 4. The monoisotopic (exact) mass is 621 g/mol. The van der Waals surface area contributed by atoms with E-state index in [-0.39, 0.29) is 16.7 Å². The summed E-state index contributed by atoms with van der Waals surface area (Å²) < 4.78 is 0.894. The van der Waals surface area contributed by atoms with Gasteiger partial charge >= 0.3 is 17.7 Å². The molecular weight excluding hydrogens is 598 g/mol. The Balaban J connectivity index is 1.23. The van der Waals surface area contributed by atoms with Gasteiger partial charge in [0.25, 0.3) is 5.91 Å². The lowest BCUT2D eigenvalue weighted by molar-refractivity contribution is -0.151. The van der Waals surface area contributed by atoms with E-state index in [0.717, 1.165) is 4.57 Å². The second kappa shape index (κ2) is 11.4. The van der Waals surface area contributed by atoms with Gasteiger partial charge in [0.05, 0.1) is 11.0 Å². The van der Waals surface area contributed by atoms with Gasteiger partial charge in [0.2, 0.25) is 11.1 Å². The van der Waals surface area contributed by atoms with Gasteiger partial charge in [-0.05, 0) is 35.4 Å². The number of benzene rings is 2. The molecule has 1 fully saturated rings. The highest BCUT2D eigenvalue weighted by Gasteiger charge is 2.55. The first kappa shape index (κ1) is 28.2. The van der Waals surface area contributed by atoms with Gasteiger partial charge in [-0.1, -0.05) is 54.2 Å². The maximum absolute atomic E-state index is 13.6. The zero-order valence-corrected chi connectivity index (χ0v) is 23.9. The highest BCUT2D eigenvalue weighted by atomic mass is 32.2. The number of rotatable bonds is 8. The third-order valence-corrected chi connectivity index (χ3v) is 9.38. The van der Waals surface area contributed by atoms with Gasteiger partial charge in [0, 0.05) is 11.0 Å². The van der Waals surface area contributed by atoms with E-state index in [4.69, 9.17) is 0 Å². The van der Waals surface area contributed by atoms with Crippen LogP contribution in [0.1, 0.15) is 18.5 Å². The predicted octanol–water partition coefficient (Wildman–Crippen LogP) is 1.06. The fourth-order valence-electron chi connectivity index (χ4n) is 5.01. The Bertz CT molecular complexity index is 1820. The fraction of sp³-hybridized carbons (Fsp3) is 0.231. The molecular formula is C26H23N9O6S2. The van der Waals surface area contributed by atoms with Crippen molar-refractivity contribution >= 4 is 58.4 Å². The van der Waals surface area contributed by atoms with Crippen LogP contribution < -0.4 is 16.3 Å². The number of carboxylic acids is 1. The number of imidazole rings is 1. The van der Waals surface area contributed by atoms with Gasteiger partial charge in [-0.25, -0.2) is 19.0 Å². The molecule has 2 aromatic carbocycles. The zero-order valence-electron chi connectivity index (χ0n) is 22.3. The molecule has 3 amide bonds. The number of hydrogen-bond donors (Lipinski definition) is 5. The third-order valence-electron chi connectivity index (χ3n) is 7.05. The zero-order chi connectivity index (χ0) is 30.2. The summed E-state index contributed by atoms with van der Waals surface area (Å²) in [6.45, 7) is 1.79. The number of nitrogens with one attached hydrogen (secondary N) is 4. The Morgan fingerprint density at radius 2 is 1.86 bits per heavy atom. The summed E-state index contributed by atoms with van der Waals surface area (Å²) in [4.78, 5) is 68.9. The summed E-state index contributed by atoms with van der Waals surface area (Å²) in [7, 11) is 0. The molecule has 43 heavy (non-hydrogen) atoms. The number of hydrogen-bond acceptors (Lipinski definition) is 10. The number of aliphatic carboxylic acids is 1. The van der Waals surface area contributed by atoms with Crippen LogP contribution in [0, 0.1) is 0 Å². The molecule has 0 spiro atoms. The Morgan fingerprint density at radius 1 is 1.12 bits per heavy atom. The first-order valence-electron chi connectivity index (χ1n) is 12.9. The molecule has 220 valence electrons. The number of β-lactam (4-membered cyclic amide) rings is 1. The summed E-state index contributed by atoms with van der Waals surface area (Å²) in [6.07, 6.45) is 0. The molecule has 0 aliphatic carbocycles. The van der Waals surface area contributed by atoms with E-state index in [1.165, 1.54) is 28.4 Å². The number of H-pyrrole nitrogens is 2. The normalized spacial score (nSPS) is 19.4. The van der Waals surface area contributed by atoms with Gasteiger partial charge < -0.3 is 20.7 Å². The van der Waals surface area contributed by atoms with Crippen molar-refractivity contribution in [1.82, 2.24) is 45.7 Å². The molecule has 17 heteroatoms. The molecule has 0 bridgehead atoms. The maximum atomic E-state index is 13.6. The Morgan fingerprint density at radius 3 is 2.58 bits per heavy atom. The van der Waals surface area contributed by atoms with E-state index in [9.17, 15) is 29.1 Å². The minimum Gasteiger partial charge on any atom is -0.477 e. The van der Waals surface area contributed by atoms with Crippen LogP contribution >= 0.6 is 23.5 Å². The van der Waals surface area contributed by atoms with E-state index < -0.39 is 47.0 Å². The van der Waals surface area contributed by atoms with Crippen molar-refractivity contribution in [2.24, 2.45) is 0 Å². The lowest BCUT2D eigenvalue weighted by Gasteiger charge is -2.50. The van der Waals surface area contributed by atoms with Crippen LogP contribution in [-0.4, -0.2) is 86.4 Å². The van der Waals surface area contributed by atoms with Crippen LogP contribution in [0.25, 0.3) is 11.0 Å². The molecule has 1 saturated heterocycles. The van der Waals surface area contributed by atoms with E-state index >= 15 is 0 Å². The largest absolute Gasteiger partial charge is 0.477 e. The quantitative estimate of drug-likeness (QED) is 0.139. The number of amides is 3. The first-order valence-corrected chi connectivity index (χ1v) is 14.8. The maximum Gasteiger partial charge on any atom is 0.352 e. The van der Waals surface area contributed by atoms with Gasteiger partial charge in [0.15, 0.2) is 0 Å². The fourth-order valence-corrected chi connectivity index (χ4v) is 7.43. The van der Waals surface area contributed by atoms with Crippen LogP contribution in [-0.2, 0) is 14.4 Å². The van der Waals surface area contributed by atoms with E-state index in [1.807, 2.05) is 0 Å². The molecule has 0 saturated carbocycles. The number of aromatic nitrogens is 6. The molecule has 5 N–H and O–H groups in total. The lowest BCUT2D eigenvalue weighted by atomic mass is 10.00. The first-order chi connectivity index (χ1) is 20.7. The van der Waals surface area contributed by atoms with Gasteiger partial charge in [0.1, 0.15) is 23.2 Å². The number of nitrogens with zero attached hydrogens (tertiary/aromatic N) is 5. The number of carbonyl (C=O) groups excluding carboxylic acids is 3. The predicted molar refractivity (Wildman–Crippen MR) is 155 cm³/mol. The molecule has 3 unspecified atom stereocenters. The molecule has 0 radical (unpaired) electrons. The highest BCUT2D eigenvalue weighted by Crippen LogP contribution is 2.43. The van der Waals surface area contributed by atoms with Crippen LogP contribution in [0.3, 0.4) is 0 Å². The van der Waals surface area contributed by atoms with Gasteiger partial charge in [-0.2, -0.15) is 5.21 Å². The number of carboxylic acid groups (broad SMARTS) is 1. The highest BCUT2D eigenvalue weighted by molar-refractivity contribution is 8.01. The average molecular weight is 622 g/mol. The van der Waals surface area contributed by atoms with Crippen LogP contribution in [0.2, 0.25) is 0 Å². The molecule has 4 aromatic rings. The number of thioether (sulfide) groups is 2. The summed E-state index contributed by atoms with van der Waals surface area (Å²) >= 11 is 2.52. The summed E-state index contributed by atoms with van der Waals surface area (Å²) in [5, 5.41) is 28.3. The SMILES string of the molecule is CC(Sc1nn[nH]n1)C1=C(C(=O)O)N2C(=O)C(NC(=O)C(NC(=O)n3c(=O)[nH]c4ccccc43)c3ccccc3)[C@H]2SC1. The van der Waals surface area contributed by atoms with Crippen LogP contribution in [0.5, 0.6) is 0 Å². The second-order valence-corrected chi connectivity index (χ2v) is 12.0. The van der Waals surface area contributed by atoms with E-state index in [0.29, 0.717) is 27.3 Å².